The van der Waals surface area contributed by atoms with Gasteiger partial charge in [0.1, 0.15) is 11.4 Å². The molecule has 0 aliphatic heterocycles. The van der Waals surface area contributed by atoms with Gasteiger partial charge in [-0.2, -0.15) is 5.10 Å². The highest BCUT2D eigenvalue weighted by atomic mass is 35.7. The van der Waals surface area contributed by atoms with Crippen LogP contribution in [0.3, 0.4) is 0 Å². The summed E-state index contributed by atoms with van der Waals surface area (Å²) in [5, 5.41) is 4.25. The van der Waals surface area contributed by atoms with Crippen molar-refractivity contribution in [2.45, 2.75) is 58.0 Å². The third kappa shape index (κ3) is 3.97. The number of carbonyl (C=O) groups excluding carboxylic acids is 1. The second-order valence-electron chi connectivity index (χ2n) is 5.12. The Labute approximate surface area is 130 Å². The number of amides is 1. The van der Waals surface area contributed by atoms with Gasteiger partial charge in [-0.1, -0.05) is 13.8 Å². The van der Waals surface area contributed by atoms with Gasteiger partial charge >= 0.3 is 0 Å². The van der Waals surface area contributed by atoms with Crippen LogP contribution in [0, 0.1) is 0 Å². The molecule has 0 aliphatic rings. The summed E-state index contributed by atoms with van der Waals surface area (Å²) in [5.74, 6) is -0.122. The normalized spacial score (nSPS) is 12.0. The lowest BCUT2D eigenvalue weighted by Crippen LogP contribution is -2.36. The van der Waals surface area contributed by atoms with Gasteiger partial charge in [0, 0.05) is 23.8 Å². The summed E-state index contributed by atoms with van der Waals surface area (Å²) in [6.07, 6.45) is 0.877. The quantitative estimate of drug-likeness (QED) is 0.743. The molecule has 0 atom stereocenters. The molecular formula is C13H22ClN3O3S. The molecule has 8 heteroatoms. The van der Waals surface area contributed by atoms with Crippen molar-refractivity contribution >= 4 is 25.6 Å². The van der Waals surface area contributed by atoms with E-state index in [2.05, 4.69) is 5.10 Å². The minimum absolute atomic E-state index is 0.0112. The molecule has 6 nitrogen and oxygen atoms in total. The average Bonchev–Trinajstić information content (AvgIpc) is 2.74. The van der Waals surface area contributed by atoms with E-state index in [1.54, 1.807) is 18.9 Å². The van der Waals surface area contributed by atoms with E-state index in [1.807, 2.05) is 20.8 Å². The summed E-state index contributed by atoms with van der Waals surface area (Å²) in [7, 11) is 3.35. The maximum Gasteiger partial charge on any atom is 0.264 e. The summed E-state index contributed by atoms with van der Waals surface area (Å²) >= 11 is 0. The second-order valence-corrected chi connectivity index (χ2v) is 7.63. The van der Waals surface area contributed by atoms with E-state index >= 15 is 0 Å². The zero-order valence-electron chi connectivity index (χ0n) is 13.1. The van der Waals surface area contributed by atoms with Gasteiger partial charge in [0.25, 0.3) is 9.05 Å². The van der Waals surface area contributed by atoms with Crippen LogP contribution in [0.5, 0.6) is 0 Å². The van der Waals surface area contributed by atoms with E-state index in [0.29, 0.717) is 24.2 Å². The summed E-state index contributed by atoms with van der Waals surface area (Å²) in [5.41, 5.74) is 0.884. The van der Waals surface area contributed by atoms with Crippen LogP contribution in [0.2, 0.25) is 0 Å². The van der Waals surface area contributed by atoms with Crippen molar-refractivity contribution in [3.05, 3.63) is 11.4 Å². The number of aromatic nitrogens is 2. The molecular weight excluding hydrogens is 314 g/mol. The van der Waals surface area contributed by atoms with Gasteiger partial charge in [-0.15, -0.1) is 0 Å². The summed E-state index contributed by atoms with van der Waals surface area (Å²) in [4.78, 5) is 13.8. The Bertz CT molecular complexity index is 623. The average molecular weight is 336 g/mol. The fourth-order valence-corrected chi connectivity index (χ4v) is 3.58. The van der Waals surface area contributed by atoms with Crippen LogP contribution < -0.4 is 0 Å². The maximum atomic E-state index is 12.2. The van der Waals surface area contributed by atoms with Crippen molar-refractivity contribution in [1.82, 2.24) is 14.7 Å². The van der Waals surface area contributed by atoms with E-state index in [0.717, 1.165) is 0 Å². The lowest BCUT2D eigenvalue weighted by Gasteiger charge is -2.21. The van der Waals surface area contributed by atoms with E-state index in [-0.39, 0.29) is 23.4 Å². The maximum absolute atomic E-state index is 12.2. The first-order valence-corrected chi connectivity index (χ1v) is 9.23. The van der Waals surface area contributed by atoms with Crippen LogP contribution >= 0.6 is 10.7 Å². The predicted molar refractivity (Wildman–Crippen MR) is 81.9 cm³/mol. The van der Waals surface area contributed by atoms with Crippen LogP contribution in [-0.4, -0.2) is 42.1 Å². The molecule has 0 N–H and O–H groups in total. The first-order valence-electron chi connectivity index (χ1n) is 6.92. The molecule has 1 amide bonds. The third-order valence-corrected chi connectivity index (χ3v) is 4.87. The Morgan fingerprint density at radius 2 is 1.90 bits per heavy atom. The number of aryl methyl sites for hydroxylation is 1. The summed E-state index contributed by atoms with van der Waals surface area (Å²) < 4.78 is 25.0. The predicted octanol–water partition coefficient (Wildman–Crippen LogP) is 1.80. The topological polar surface area (TPSA) is 72.3 Å². The number of halogens is 1. The molecule has 0 bridgehead atoms. The summed E-state index contributed by atoms with van der Waals surface area (Å²) in [6, 6.07) is 0.0695. The first-order chi connectivity index (χ1) is 9.63. The molecule has 1 aromatic rings. The Kier molecular flexibility index (Phi) is 5.81. The van der Waals surface area contributed by atoms with Gasteiger partial charge in [-0.3, -0.25) is 9.48 Å². The van der Waals surface area contributed by atoms with Crippen LogP contribution in [0.25, 0.3) is 0 Å². The van der Waals surface area contributed by atoms with Crippen molar-refractivity contribution in [2.75, 3.05) is 7.05 Å². The Morgan fingerprint density at radius 3 is 2.29 bits per heavy atom. The fourth-order valence-electron chi connectivity index (χ4n) is 2.05. The minimum atomic E-state index is -3.88. The standard InChI is InChI=1S/C13H22ClN3O3S/c1-6-10-13(21(14,19)20)11(7-2)17(15-10)8-12(18)16(5)9(3)4/h9H,6-8H2,1-5H3. The number of hydrogen-bond acceptors (Lipinski definition) is 4. The molecule has 0 aromatic carbocycles. The van der Waals surface area contributed by atoms with Crippen molar-refractivity contribution in [3.63, 3.8) is 0 Å². The fraction of sp³-hybridized carbons (Fsp3) is 0.692. The molecule has 1 aromatic heterocycles. The Hall–Kier alpha value is -1.08. The Balaban J connectivity index is 3.27. The van der Waals surface area contributed by atoms with Crippen LogP contribution in [0.15, 0.2) is 4.90 Å². The van der Waals surface area contributed by atoms with Gasteiger partial charge in [-0.25, -0.2) is 8.42 Å². The molecule has 0 fully saturated rings. The van der Waals surface area contributed by atoms with Gasteiger partial charge in [0.15, 0.2) is 0 Å². The van der Waals surface area contributed by atoms with Crippen molar-refractivity contribution in [3.8, 4) is 0 Å². The molecule has 0 aliphatic carbocycles. The molecule has 0 spiro atoms. The van der Waals surface area contributed by atoms with Crippen molar-refractivity contribution in [2.24, 2.45) is 0 Å². The van der Waals surface area contributed by atoms with Gasteiger partial charge in [0.2, 0.25) is 5.91 Å². The molecule has 1 heterocycles. The van der Waals surface area contributed by atoms with Crippen LogP contribution in [0.1, 0.15) is 39.1 Å². The lowest BCUT2D eigenvalue weighted by molar-refractivity contribution is -0.132. The smallest absolute Gasteiger partial charge is 0.264 e. The highest BCUT2D eigenvalue weighted by Gasteiger charge is 2.26. The zero-order chi connectivity index (χ0) is 16.4. The highest BCUT2D eigenvalue weighted by Crippen LogP contribution is 2.25. The van der Waals surface area contributed by atoms with Crippen molar-refractivity contribution in [1.29, 1.82) is 0 Å². The SMILES string of the molecule is CCc1nn(CC(=O)N(C)C(C)C)c(CC)c1S(=O)(=O)Cl. The monoisotopic (exact) mass is 335 g/mol. The lowest BCUT2D eigenvalue weighted by atomic mass is 10.2. The highest BCUT2D eigenvalue weighted by molar-refractivity contribution is 8.13. The number of likely N-dealkylation sites (N-methyl/N-ethyl adjacent to an activating group) is 1. The van der Waals surface area contributed by atoms with Gasteiger partial charge in [-0.05, 0) is 26.7 Å². The molecule has 0 radical (unpaired) electrons. The first kappa shape index (κ1) is 18.0. The number of rotatable bonds is 6. The van der Waals surface area contributed by atoms with Crippen LogP contribution in [-0.2, 0) is 33.2 Å². The number of hydrogen-bond donors (Lipinski definition) is 0. The number of nitrogens with zero attached hydrogens (tertiary/aromatic N) is 3. The molecule has 0 unspecified atom stereocenters. The van der Waals surface area contributed by atoms with Crippen molar-refractivity contribution < 1.29 is 13.2 Å². The Morgan fingerprint density at radius 1 is 1.33 bits per heavy atom. The van der Waals surface area contributed by atoms with Gasteiger partial charge < -0.3 is 4.90 Å². The molecule has 0 saturated carbocycles. The van der Waals surface area contributed by atoms with E-state index in [4.69, 9.17) is 10.7 Å². The van der Waals surface area contributed by atoms with E-state index in [1.165, 1.54) is 4.68 Å². The van der Waals surface area contributed by atoms with Crippen LogP contribution in [0.4, 0.5) is 0 Å². The zero-order valence-corrected chi connectivity index (χ0v) is 14.6. The largest absolute Gasteiger partial charge is 0.342 e. The second kappa shape index (κ2) is 6.79. The van der Waals surface area contributed by atoms with E-state index < -0.39 is 9.05 Å². The number of carbonyl (C=O) groups is 1. The summed E-state index contributed by atoms with van der Waals surface area (Å²) in [6.45, 7) is 7.45. The van der Waals surface area contributed by atoms with E-state index in [9.17, 15) is 13.2 Å². The molecule has 1 rings (SSSR count). The molecule has 0 saturated heterocycles. The van der Waals surface area contributed by atoms with Gasteiger partial charge in [0.05, 0.1) is 11.4 Å². The molecule has 21 heavy (non-hydrogen) atoms. The molecule has 120 valence electrons. The third-order valence-electron chi connectivity index (χ3n) is 3.44. The minimum Gasteiger partial charge on any atom is -0.342 e.